The first kappa shape index (κ1) is 28.5. The second kappa shape index (κ2) is 11.4. The second-order valence-corrected chi connectivity index (χ2v) is 11.7. The van der Waals surface area contributed by atoms with Crippen LogP contribution in [0.2, 0.25) is 0 Å². The van der Waals surface area contributed by atoms with E-state index in [4.69, 9.17) is 15.0 Å². The van der Waals surface area contributed by atoms with Crippen molar-refractivity contribution in [3.05, 3.63) is 156 Å². The van der Waals surface area contributed by atoms with Crippen LogP contribution in [0.15, 0.2) is 133 Å². The van der Waals surface area contributed by atoms with E-state index in [9.17, 15) is 4.39 Å². The first-order valence-electron chi connectivity index (χ1n) is 15.4. The van der Waals surface area contributed by atoms with Gasteiger partial charge in [0, 0.05) is 33.0 Å². The Morgan fingerprint density at radius 3 is 1.60 bits per heavy atom. The fraction of sp³-hybridized carbons (Fsp3) is 0.0488. The fourth-order valence-electron chi connectivity index (χ4n) is 6.23. The van der Waals surface area contributed by atoms with Crippen LogP contribution in [-0.4, -0.2) is 19.5 Å². The predicted molar refractivity (Wildman–Crippen MR) is 185 cm³/mol. The van der Waals surface area contributed by atoms with Crippen molar-refractivity contribution in [2.75, 3.05) is 0 Å². The van der Waals surface area contributed by atoms with Crippen molar-refractivity contribution >= 4 is 21.8 Å². The average Bonchev–Trinajstić information content (AvgIpc) is 3.41. The van der Waals surface area contributed by atoms with Crippen LogP contribution >= 0.6 is 0 Å². The number of aryl methyl sites for hydroxylation is 2. The van der Waals surface area contributed by atoms with Crippen LogP contribution in [-0.2, 0) is 0 Å². The van der Waals surface area contributed by atoms with Gasteiger partial charge in [0.05, 0.1) is 16.7 Å². The van der Waals surface area contributed by atoms with Gasteiger partial charge in [-0.25, -0.2) is 23.7 Å². The van der Waals surface area contributed by atoms with Gasteiger partial charge in [-0.2, -0.15) is 0 Å². The molecule has 2 heterocycles. The van der Waals surface area contributed by atoms with E-state index in [0.717, 1.165) is 55.8 Å². The van der Waals surface area contributed by atoms with E-state index in [-0.39, 0.29) is 5.56 Å². The molecular formula is C41H28F2N4. The molecule has 6 heteroatoms. The highest BCUT2D eigenvalue weighted by molar-refractivity contribution is 6.10. The summed E-state index contributed by atoms with van der Waals surface area (Å²) in [4.78, 5) is 15.0. The van der Waals surface area contributed by atoms with E-state index in [1.54, 1.807) is 6.07 Å². The van der Waals surface area contributed by atoms with Gasteiger partial charge in [-0.3, -0.25) is 0 Å². The van der Waals surface area contributed by atoms with Gasteiger partial charge < -0.3 is 4.57 Å². The predicted octanol–water partition coefficient (Wildman–Crippen LogP) is 10.5. The molecule has 2 aromatic heterocycles. The largest absolute Gasteiger partial charge is 0.308 e. The Balaban J connectivity index is 1.48. The zero-order valence-electron chi connectivity index (χ0n) is 25.7. The number of fused-ring (bicyclic) bond motifs is 3. The number of rotatable bonds is 5. The lowest BCUT2D eigenvalue weighted by Crippen LogP contribution is -2.04. The molecule has 0 radical (unpaired) electrons. The molecule has 0 atom stereocenters. The molecule has 47 heavy (non-hydrogen) atoms. The highest BCUT2D eigenvalue weighted by Crippen LogP contribution is 2.39. The molecule has 0 bridgehead atoms. The summed E-state index contributed by atoms with van der Waals surface area (Å²) < 4.78 is 32.0. The van der Waals surface area contributed by atoms with Crippen LogP contribution in [0.25, 0.3) is 72.8 Å². The lowest BCUT2D eigenvalue weighted by molar-refractivity contribution is 0.511. The molecule has 0 aliphatic heterocycles. The topological polar surface area (TPSA) is 43.6 Å². The van der Waals surface area contributed by atoms with Gasteiger partial charge in [0.1, 0.15) is 0 Å². The van der Waals surface area contributed by atoms with Gasteiger partial charge in [0.15, 0.2) is 29.1 Å². The first-order valence-corrected chi connectivity index (χ1v) is 15.4. The van der Waals surface area contributed by atoms with Gasteiger partial charge in [0.2, 0.25) is 0 Å². The molecule has 8 aromatic rings. The number of hydrogen-bond acceptors (Lipinski definition) is 3. The van der Waals surface area contributed by atoms with E-state index in [2.05, 4.69) is 54.8 Å². The third-order valence-corrected chi connectivity index (χ3v) is 8.52. The lowest BCUT2D eigenvalue weighted by Gasteiger charge is -2.17. The third kappa shape index (κ3) is 5.04. The summed E-state index contributed by atoms with van der Waals surface area (Å²) in [7, 11) is 0. The summed E-state index contributed by atoms with van der Waals surface area (Å²) >= 11 is 0. The maximum Gasteiger partial charge on any atom is 0.166 e. The van der Waals surface area contributed by atoms with Crippen LogP contribution in [0.5, 0.6) is 0 Å². The minimum Gasteiger partial charge on any atom is -0.308 e. The molecule has 0 aliphatic carbocycles. The first-order chi connectivity index (χ1) is 22.9. The van der Waals surface area contributed by atoms with Gasteiger partial charge in [0.25, 0.3) is 0 Å². The van der Waals surface area contributed by atoms with Crippen molar-refractivity contribution in [1.29, 1.82) is 0 Å². The Bertz CT molecular complexity index is 2330. The van der Waals surface area contributed by atoms with E-state index in [1.165, 1.54) is 6.07 Å². The molecule has 4 nitrogen and oxygen atoms in total. The molecule has 226 valence electrons. The SMILES string of the molecule is Cc1ccc2c3ccc(C)cc3n(-c3ccc(-c4cccc(F)c4F)cc3-c3nc(-c4ccccc4)nc(-c4ccccc4)n3)c2c1. The fourth-order valence-corrected chi connectivity index (χ4v) is 6.23. The summed E-state index contributed by atoms with van der Waals surface area (Å²) in [6.45, 7) is 4.15. The van der Waals surface area contributed by atoms with Crippen molar-refractivity contribution in [2.24, 2.45) is 0 Å². The summed E-state index contributed by atoms with van der Waals surface area (Å²) in [5, 5.41) is 2.23. The Labute approximate surface area is 270 Å². The van der Waals surface area contributed by atoms with Crippen LogP contribution in [0, 0.1) is 25.5 Å². The van der Waals surface area contributed by atoms with Crippen molar-refractivity contribution in [3.8, 4) is 51.0 Å². The molecule has 0 unspecified atom stereocenters. The summed E-state index contributed by atoms with van der Waals surface area (Å²) in [5.41, 5.74) is 8.11. The second-order valence-electron chi connectivity index (χ2n) is 11.7. The minimum atomic E-state index is -0.903. The number of nitrogens with zero attached hydrogens (tertiary/aromatic N) is 4. The van der Waals surface area contributed by atoms with Gasteiger partial charge >= 0.3 is 0 Å². The molecular weight excluding hydrogens is 586 g/mol. The Kier molecular flexibility index (Phi) is 6.91. The Morgan fingerprint density at radius 2 is 1.02 bits per heavy atom. The average molecular weight is 615 g/mol. The van der Waals surface area contributed by atoms with Crippen molar-refractivity contribution < 1.29 is 8.78 Å². The molecule has 0 saturated heterocycles. The monoisotopic (exact) mass is 614 g/mol. The Hall–Kier alpha value is -6.01. The Morgan fingerprint density at radius 1 is 0.468 bits per heavy atom. The van der Waals surface area contributed by atoms with Crippen LogP contribution in [0.4, 0.5) is 8.78 Å². The van der Waals surface area contributed by atoms with E-state index >= 15 is 4.39 Å². The minimum absolute atomic E-state index is 0.160. The van der Waals surface area contributed by atoms with Crippen LogP contribution < -0.4 is 0 Å². The van der Waals surface area contributed by atoms with Crippen LogP contribution in [0.3, 0.4) is 0 Å². The van der Waals surface area contributed by atoms with Gasteiger partial charge in [-0.1, -0.05) is 103 Å². The third-order valence-electron chi connectivity index (χ3n) is 8.52. The summed E-state index contributed by atoms with van der Waals surface area (Å²) in [5.74, 6) is -0.366. The molecule has 0 N–H and O–H groups in total. The number of halogens is 2. The standard InChI is InChI=1S/C41H28F2N4/c1-25-16-19-31-32-20-17-26(2)23-37(32)47(36(31)22-25)35-21-18-29(30-14-9-15-34(42)38(30)43)24-33(35)41-45-39(27-10-5-3-6-11-27)44-40(46-41)28-12-7-4-8-13-28/h3-24H,1-2H3. The lowest BCUT2D eigenvalue weighted by atomic mass is 10.00. The molecule has 0 aliphatic rings. The van der Waals surface area contributed by atoms with Gasteiger partial charge in [-0.15, -0.1) is 0 Å². The molecule has 6 aromatic carbocycles. The number of benzene rings is 6. The molecule has 8 rings (SSSR count). The zero-order chi connectivity index (χ0) is 32.1. The number of aromatic nitrogens is 4. The summed E-state index contributed by atoms with van der Waals surface area (Å²) in [6.07, 6.45) is 0. The number of hydrogen-bond donors (Lipinski definition) is 0. The maximum atomic E-state index is 15.3. The van der Waals surface area contributed by atoms with E-state index in [0.29, 0.717) is 28.6 Å². The van der Waals surface area contributed by atoms with E-state index in [1.807, 2.05) is 78.9 Å². The van der Waals surface area contributed by atoms with Crippen molar-refractivity contribution in [2.45, 2.75) is 13.8 Å². The highest BCUT2D eigenvalue weighted by atomic mass is 19.2. The normalized spacial score (nSPS) is 11.4. The zero-order valence-corrected chi connectivity index (χ0v) is 25.7. The molecule has 0 fully saturated rings. The van der Waals surface area contributed by atoms with Crippen molar-refractivity contribution in [1.82, 2.24) is 19.5 Å². The highest BCUT2D eigenvalue weighted by Gasteiger charge is 2.21. The summed E-state index contributed by atoms with van der Waals surface area (Å²) in [6, 6.07) is 42.3. The van der Waals surface area contributed by atoms with Gasteiger partial charge in [-0.05, 0) is 60.9 Å². The molecule has 0 amide bonds. The smallest absolute Gasteiger partial charge is 0.166 e. The van der Waals surface area contributed by atoms with E-state index < -0.39 is 11.6 Å². The molecule has 0 saturated carbocycles. The molecule has 0 spiro atoms. The van der Waals surface area contributed by atoms with Crippen LogP contribution in [0.1, 0.15) is 11.1 Å². The maximum absolute atomic E-state index is 15.3. The van der Waals surface area contributed by atoms with Crippen molar-refractivity contribution in [3.63, 3.8) is 0 Å². The quantitative estimate of drug-likeness (QED) is 0.194.